The van der Waals surface area contributed by atoms with Gasteiger partial charge in [-0.1, -0.05) is 0 Å². The van der Waals surface area contributed by atoms with Gasteiger partial charge in [0.05, 0.1) is 19.4 Å². The monoisotopic (exact) mass is 232 g/mol. The molecular weight excluding hydrogens is 220 g/mol. The highest BCUT2D eigenvalue weighted by Crippen LogP contribution is 2.20. The predicted molar refractivity (Wildman–Crippen MR) is 51.2 cm³/mol. The Kier molecular flexibility index (Phi) is 2.53. The third kappa shape index (κ3) is 2.04. The van der Waals surface area contributed by atoms with Crippen molar-refractivity contribution in [2.24, 2.45) is 0 Å². The van der Waals surface area contributed by atoms with E-state index in [2.05, 4.69) is 5.10 Å². The number of aliphatic hydroxyl groups is 1. The summed E-state index contributed by atoms with van der Waals surface area (Å²) in [6.07, 6.45) is 3.19. The molecule has 2 heterocycles. The number of nitrogens with zero attached hydrogens (tertiary/aromatic N) is 2. The van der Waals surface area contributed by atoms with Crippen molar-refractivity contribution in [1.29, 1.82) is 0 Å². The smallest absolute Gasteiger partial charge is 0.178 e. The Morgan fingerprint density at radius 3 is 2.80 bits per heavy atom. The van der Waals surface area contributed by atoms with Crippen LogP contribution in [-0.2, 0) is 14.6 Å². The summed E-state index contributed by atoms with van der Waals surface area (Å²) >= 11 is 0. The molecule has 1 aliphatic rings. The van der Waals surface area contributed by atoms with Crippen molar-refractivity contribution in [2.75, 3.05) is 19.5 Å². The molecule has 0 radical (unpaired) electrons. The molecule has 7 heteroatoms. The van der Waals surface area contributed by atoms with Crippen LogP contribution >= 0.6 is 0 Å². The van der Waals surface area contributed by atoms with E-state index in [0.717, 1.165) is 6.26 Å². The largest absolute Gasteiger partial charge is 0.388 e. The Morgan fingerprint density at radius 2 is 2.33 bits per heavy atom. The number of hydrogen-bond acceptors (Lipinski definition) is 5. The van der Waals surface area contributed by atoms with Crippen LogP contribution in [0.15, 0.2) is 17.3 Å². The quantitative estimate of drug-likeness (QED) is 0.723. The van der Waals surface area contributed by atoms with Gasteiger partial charge in [0.2, 0.25) is 0 Å². The van der Waals surface area contributed by atoms with Crippen LogP contribution in [0.3, 0.4) is 0 Å². The van der Waals surface area contributed by atoms with Gasteiger partial charge in [-0.2, -0.15) is 5.10 Å². The van der Waals surface area contributed by atoms with Gasteiger partial charge in [-0.15, -0.1) is 0 Å². The van der Waals surface area contributed by atoms with E-state index in [-0.39, 0.29) is 17.5 Å². The van der Waals surface area contributed by atoms with Crippen LogP contribution in [0.4, 0.5) is 0 Å². The molecule has 84 valence electrons. The maximum Gasteiger partial charge on any atom is 0.178 e. The lowest BCUT2D eigenvalue weighted by atomic mass is 10.2. The molecule has 0 saturated carbocycles. The van der Waals surface area contributed by atoms with Crippen molar-refractivity contribution in [3.8, 4) is 0 Å². The van der Waals surface area contributed by atoms with E-state index in [1.54, 1.807) is 0 Å². The summed E-state index contributed by atoms with van der Waals surface area (Å²) in [4.78, 5) is 0.154. The molecule has 0 unspecified atom stereocenters. The number of ether oxygens (including phenoxy) is 1. The van der Waals surface area contributed by atoms with E-state index in [1.165, 1.54) is 17.1 Å². The third-order valence-electron chi connectivity index (χ3n) is 2.37. The standard InChI is InChI=1S/C8H12N2O4S/c1-15(12,13)6-2-9-10(3-6)7-4-14-5-8(7)11/h2-3,7-8,11H,4-5H2,1H3/t7-,8-/m1/s1. The molecule has 1 N–H and O–H groups in total. The van der Waals surface area contributed by atoms with E-state index in [9.17, 15) is 13.5 Å². The Morgan fingerprint density at radius 1 is 1.60 bits per heavy atom. The summed E-state index contributed by atoms with van der Waals surface area (Å²) in [5.41, 5.74) is 0. The molecule has 2 atom stereocenters. The zero-order chi connectivity index (χ0) is 11.1. The first kappa shape index (κ1) is 10.6. The van der Waals surface area contributed by atoms with Crippen molar-refractivity contribution >= 4 is 9.84 Å². The van der Waals surface area contributed by atoms with Crippen molar-refractivity contribution < 1.29 is 18.3 Å². The van der Waals surface area contributed by atoms with Crippen LogP contribution in [0.5, 0.6) is 0 Å². The molecule has 1 aliphatic heterocycles. The van der Waals surface area contributed by atoms with Gasteiger partial charge < -0.3 is 9.84 Å². The predicted octanol–water partition coefficient (Wildman–Crippen LogP) is -0.781. The average Bonchev–Trinajstić information content (AvgIpc) is 2.69. The number of hydrogen-bond donors (Lipinski definition) is 1. The lowest BCUT2D eigenvalue weighted by Crippen LogP contribution is -2.22. The molecule has 15 heavy (non-hydrogen) atoms. The maximum atomic E-state index is 11.2. The van der Waals surface area contributed by atoms with Crippen LogP contribution in [0.1, 0.15) is 6.04 Å². The normalized spacial score (nSPS) is 27.1. The minimum Gasteiger partial charge on any atom is -0.388 e. The lowest BCUT2D eigenvalue weighted by Gasteiger charge is -2.11. The van der Waals surface area contributed by atoms with Crippen molar-refractivity contribution in [3.63, 3.8) is 0 Å². The van der Waals surface area contributed by atoms with Gasteiger partial charge in [0, 0.05) is 12.5 Å². The topological polar surface area (TPSA) is 81.4 Å². The first-order valence-electron chi connectivity index (χ1n) is 4.48. The molecule has 0 aromatic carbocycles. The molecule has 1 aromatic heterocycles. The van der Waals surface area contributed by atoms with E-state index < -0.39 is 15.9 Å². The molecular formula is C8H12N2O4S. The zero-order valence-electron chi connectivity index (χ0n) is 8.20. The summed E-state index contributed by atoms with van der Waals surface area (Å²) in [5.74, 6) is 0. The number of sulfone groups is 1. The van der Waals surface area contributed by atoms with E-state index in [0.29, 0.717) is 6.61 Å². The molecule has 0 amide bonds. The second-order valence-corrected chi connectivity index (χ2v) is 5.62. The molecule has 2 rings (SSSR count). The highest BCUT2D eigenvalue weighted by atomic mass is 32.2. The molecule has 0 bridgehead atoms. The van der Waals surface area contributed by atoms with Crippen LogP contribution in [0.25, 0.3) is 0 Å². The van der Waals surface area contributed by atoms with E-state index >= 15 is 0 Å². The van der Waals surface area contributed by atoms with Gasteiger partial charge in [-0.25, -0.2) is 8.42 Å². The summed E-state index contributed by atoms with van der Waals surface area (Å²) in [6, 6.07) is -0.291. The molecule has 1 aromatic rings. The van der Waals surface area contributed by atoms with Gasteiger partial charge in [0.25, 0.3) is 0 Å². The van der Waals surface area contributed by atoms with E-state index in [4.69, 9.17) is 4.74 Å². The van der Waals surface area contributed by atoms with Gasteiger partial charge >= 0.3 is 0 Å². The van der Waals surface area contributed by atoms with Crippen molar-refractivity contribution in [3.05, 3.63) is 12.4 Å². The first-order valence-corrected chi connectivity index (χ1v) is 6.37. The SMILES string of the molecule is CS(=O)(=O)c1cnn([C@@H]2COC[C@H]2O)c1. The van der Waals surface area contributed by atoms with Gasteiger partial charge in [0.1, 0.15) is 17.0 Å². The van der Waals surface area contributed by atoms with Gasteiger partial charge in [0.15, 0.2) is 9.84 Å². The van der Waals surface area contributed by atoms with Crippen LogP contribution < -0.4 is 0 Å². The summed E-state index contributed by atoms with van der Waals surface area (Å²) < 4.78 is 28.9. The zero-order valence-corrected chi connectivity index (χ0v) is 9.01. The van der Waals surface area contributed by atoms with E-state index in [1.807, 2.05) is 0 Å². The number of aromatic nitrogens is 2. The van der Waals surface area contributed by atoms with Gasteiger partial charge in [-0.3, -0.25) is 4.68 Å². The third-order valence-corrected chi connectivity index (χ3v) is 3.43. The first-order chi connectivity index (χ1) is 6.98. The Balaban J connectivity index is 2.28. The van der Waals surface area contributed by atoms with Crippen LogP contribution in [-0.4, -0.2) is 48.9 Å². The molecule has 0 spiro atoms. The Bertz CT molecular complexity index is 453. The second-order valence-electron chi connectivity index (χ2n) is 3.60. The lowest BCUT2D eigenvalue weighted by molar-refractivity contribution is 0.118. The molecule has 0 aliphatic carbocycles. The molecule has 1 saturated heterocycles. The minimum absolute atomic E-state index is 0.154. The highest BCUT2D eigenvalue weighted by molar-refractivity contribution is 7.90. The van der Waals surface area contributed by atoms with Crippen LogP contribution in [0, 0.1) is 0 Å². The molecule has 6 nitrogen and oxygen atoms in total. The fourth-order valence-electron chi connectivity index (χ4n) is 1.48. The summed E-state index contributed by atoms with van der Waals surface area (Å²) in [5, 5.41) is 13.4. The number of rotatable bonds is 2. The minimum atomic E-state index is -3.23. The highest BCUT2D eigenvalue weighted by Gasteiger charge is 2.29. The summed E-state index contributed by atoms with van der Waals surface area (Å²) in [6.45, 7) is 0.616. The van der Waals surface area contributed by atoms with Crippen LogP contribution in [0.2, 0.25) is 0 Å². The fourth-order valence-corrected chi connectivity index (χ4v) is 2.02. The fraction of sp³-hybridized carbons (Fsp3) is 0.625. The molecule has 1 fully saturated rings. The number of aliphatic hydroxyl groups excluding tert-OH is 1. The van der Waals surface area contributed by atoms with Crippen molar-refractivity contribution in [2.45, 2.75) is 17.0 Å². The Hall–Kier alpha value is -0.920. The summed E-state index contributed by atoms with van der Waals surface area (Å²) in [7, 11) is -3.23. The average molecular weight is 232 g/mol. The van der Waals surface area contributed by atoms with Crippen molar-refractivity contribution in [1.82, 2.24) is 9.78 Å². The maximum absolute atomic E-state index is 11.2. The second kappa shape index (κ2) is 3.58. The van der Waals surface area contributed by atoms with Gasteiger partial charge in [-0.05, 0) is 0 Å². The Labute approximate surface area is 87.4 Å².